The number of carbonyl (C=O) groups excluding carboxylic acids is 2. The van der Waals surface area contributed by atoms with Crippen molar-refractivity contribution in [1.82, 2.24) is 0 Å². The monoisotopic (exact) mass is 278 g/mol. The molecule has 2 rings (SSSR count). The van der Waals surface area contributed by atoms with Gasteiger partial charge in [0.05, 0.1) is 5.69 Å². The summed E-state index contributed by atoms with van der Waals surface area (Å²) in [6.07, 6.45) is 2.45. The fourth-order valence-corrected chi connectivity index (χ4v) is 1.73. The lowest BCUT2D eigenvalue weighted by Gasteiger charge is -2.12. The first-order chi connectivity index (χ1) is 9.51. The fraction of sp³-hybridized carbons (Fsp3) is 0.467. The summed E-state index contributed by atoms with van der Waals surface area (Å²) in [5.74, 6) is -0.870. The van der Waals surface area contributed by atoms with Crippen LogP contribution < -0.4 is 10.6 Å². The Hall–Kier alpha value is -1.91. The summed E-state index contributed by atoms with van der Waals surface area (Å²) < 4.78 is 13.6. The molecule has 2 N–H and O–H groups in total. The van der Waals surface area contributed by atoms with Crippen molar-refractivity contribution in [3.8, 4) is 0 Å². The summed E-state index contributed by atoms with van der Waals surface area (Å²) in [7, 11) is 0. The summed E-state index contributed by atoms with van der Waals surface area (Å²) in [6, 6.07) is 4.19. The van der Waals surface area contributed by atoms with Crippen LogP contribution in [0.5, 0.6) is 0 Å². The molecule has 1 aliphatic rings. The number of hydrogen-bond donors (Lipinski definition) is 2. The molecule has 2 amide bonds. The van der Waals surface area contributed by atoms with Gasteiger partial charge in [-0.1, -0.05) is 13.8 Å². The fourth-order valence-electron chi connectivity index (χ4n) is 1.73. The number of rotatable bonds is 5. The maximum absolute atomic E-state index is 13.6. The number of amides is 2. The molecule has 0 bridgehead atoms. The Labute approximate surface area is 117 Å². The molecular formula is C15H19FN2O2. The minimum atomic E-state index is -0.500. The van der Waals surface area contributed by atoms with Crippen LogP contribution in [0, 0.1) is 17.7 Å². The van der Waals surface area contributed by atoms with E-state index in [1.165, 1.54) is 18.2 Å². The van der Waals surface area contributed by atoms with E-state index < -0.39 is 5.82 Å². The number of benzene rings is 1. The average molecular weight is 278 g/mol. The van der Waals surface area contributed by atoms with Crippen molar-refractivity contribution < 1.29 is 14.0 Å². The summed E-state index contributed by atoms with van der Waals surface area (Å²) in [6.45, 7) is 3.75. The highest BCUT2D eigenvalue weighted by Crippen LogP contribution is 2.31. The van der Waals surface area contributed by atoms with Gasteiger partial charge in [-0.25, -0.2) is 4.39 Å². The molecular weight excluding hydrogens is 259 g/mol. The second-order valence-corrected chi connectivity index (χ2v) is 5.26. The summed E-state index contributed by atoms with van der Waals surface area (Å²) in [5.41, 5.74) is 0.603. The quantitative estimate of drug-likeness (QED) is 0.869. The number of anilines is 2. The summed E-state index contributed by atoms with van der Waals surface area (Å²) in [5, 5.41) is 5.29. The van der Waals surface area contributed by atoms with Crippen molar-refractivity contribution in [1.29, 1.82) is 0 Å². The Balaban J connectivity index is 2.07. The molecule has 20 heavy (non-hydrogen) atoms. The molecule has 0 aliphatic heterocycles. The Morgan fingerprint density at radius 3 is 2.65 bits per heavy atom. The molecule has 1 saturated carbocycles. The second kappa shape index (κ2) is 6.03. The molecule has 0 saturated heterocycles. The van der Waals surface area contributed by atoms with Crippen LogP contribution in [-0.2, 0) is 9.59 Å². The van der Waals surface area contributed by atoms with Gasteiger partial charge in [0, 0.05) is 17.5 Å². The normalized spacial score (nSPS) is 15.6. The van der Waals surface area contributed by atoms with E-state index in [0.29, 0.717) is 5.69 Å². The van der Waals surface area contributed by atoms with Crippen LogP contribution in [0.3, 0.4) is 0 Å². The molecule has 1 aliphatic carbocycles. The van der Waals surface area contributed by atoms with Gasteiger partial charge in [0.2, 0.25) is 11.8 Å². The molecule has 1 aromatic carbocycles. The highest BCUT2D eigenvalue weighted by Gasteiger charge is 2.30. The highest BCUT2D eigenvalue weighted by molar-refractivity contribution is 5.96. The van der Waals surface area contributed by atoms with E-state index in [1.807, 2.05) is 13.8 Å². The Bertz CT molecular complexity index is 527. The topological polar surface area (TPSA) is 58.2 Å². The molecule has 1 aromatic rings. The predicted octanol–water partition coefficient (Wildman–Crippen LogP) is 3.16. The first kappa shape index (κ1) is 14.5. The molecule has 108 valence electrons. The van der Waals surface area contributed by atoms with E-state index >= 15 is 0 Å². The molecule has 4 nitrogen and oxygen atoms in total. The van der Waals surface area contributed by atoms with E-state index in [1.54, 1.807) is 0 Å². The van der Waals surface area contributed by atoms with Crippen molar-refractivity contribution in [2.24, 2.45) is 11.8 Å². The van der Waals surface area contributed by atoms with E-state index in [2.05, 4.69) is 10.6 Å². The average Bonchev–Trinajstić information content (AvgIpc) is 3.25. The van der Waals surface area contributed by atoms with E-state index in [9.17, 15) is 14.0 Å². The third kappa shape index (κ3) is 3.56. The highest BCUT2D eigenvalue weighted by atomic mass is 19.1. The lowest BCUT2D eigenvalue weighted by atomic mass is 10.1. The van der Waals surface area contributed by atoms with Crippen LogP contribution in [0.4, 0.5) is 15.8 Å². The standard InChI is InChI=1S/C15H19FN2O2/c1-3-9(2)14(19)17-11-6-7-12(16)13(8-11)18-15(20)10-4-5-10/h6-10H,3-5H2,1-2H3,(H,17,19)(H,18,20)/t9-/m1/s1. The third-order valence-electron chi connectivity index (χ3n) is 3.50. The SMILES string of the molecule is CC[C@@H](C)C(=O)Nc1ccc(F)c(NC(=O)C2CC2)c1. The lowest BCUT2D eigenvalue weighted by Crippen LogP contribution is -2.20. The number of halogens is 1. The smallest absolute Gasteiger partial charge is 0.227 e. The van der Waals surface area contributed by atoms with Gasteiger partial charge < -0.3 is 10.6 Å². The number of nitrogens with one attached hydrogen (secondary N) is 2. The van der Waals surface area contributed by atoms with Gasteiger partial charge in [0.15, 0.2) is 0 Å². The Morgan fingerprint density at radius 2 is 2.05 bits per heavy atom. The largest absolute Gasteiger partial charge is 0.326 e. The third-order valence-corrected chi connectivity index (χ3v) is 3.50. The molecule has 1 fully saturated rings. The van der Waals surface area contributed by atoms with Gasteiger partial charge in [-0.2, -0.15) is 0 Å². The Kier molecular flexibility index (Phi) is 4.37. The summed E-state index contributed by atoms with van der Waals surface area (Å²) >= 11 is 0. The molecule has 0 radical (unpaired) electrons. The molecule has 0 aromatic heterocycles. The number of carbonyl (C=O) groups is 2. The zero-order valence-corrected chi connectivity index (χ0v) is 11.7. The summed E-state index contributed by atoms with van der Waals surface area (Å²) in [4.78, 5) is 23.4. The van der Waals surface area contributed by atoms with Crippen LogP contribution in [0.15, 0.2) is 18.2 Å². The van der Waals surface area contributed by atoms with Crippen molar-refractivity contribution in [3.05, 3.63) is 24.0 Å². The van der Waals surface area contributed by atoms with Crippen LogP contribution in [0.2, 0.25) is 0 Å². The minimum Gasteiger partial charge on any atom is -0.326 e. The van der Waals surface area contributed by atoms with Gasteiger partial charge >= 0.3 is 0 Å². The molecule has 0 unspecified atom stereocenters. The van der Waals surface area contributed by atoms with Crippen molar-refractivity contribution in [2.75, 3.05) is 10.6 Å². The molecule has 0 heterocycles. The van der Waals surface area contributed by atoms with Gasteiger partial charge in [0.1, 0.15) is 5.82 Å². The Morgan fingerprint density at radius 1 is 1.35 bits per heavy atom. The van der Waals surface area contributed by atoms with E-state index in [-0.39, 0.29) is 29.3 Å². The first-order valence-electron chi connectivity index (χ1n) is 6.92. The second-order valence-electron chi connectivity index (χ2n) is 5.26. The number of hydrogen-bond acceptors (Lipinski definition) is 2. The maximum atomic E-state index is 13.6. The zero-order chi connectivity index (χ0) is 14.7. The van der Waals surface area contributed by atoms with Crippen molar-refractivity contribution in [3.63, 3.8) is 0 Å². The molecule has 5 heteroatoms. The van der Waals surface area contributed by atoms with Gasteiger partial charge in [0.25, 0.3) is 0 Å². The van der Waals surface area contributed by atoms with E-state index in [4.69, 9.17) is 0 Å². The van der Waals surface area contributed by atoms with Crippen LogP contribution in [-0.4, -0.2) is 11.8 Å². The van der Waals surface area contributed by atoms with Gasteiger partial charge in [-0.05, 0) is 37.5 Å². The lowest BCUT2D eigenvalue weighted by molar-refractivity contribution is -0.119. The molecule has 1 atom stereocenters. The van der Waals surface area contributed by atoms with Crippen LogP contribution in [0.25, 0.3) is 0 Å². The van der Waals surface area contributed by atoms with Crippen molar-refractivity contribution in [2.45, 2.75) is 33.1 Å². The van der Waals surface area contributed by atoms with Gasteiger partial charge in [-0.3, -0.25) is 9.59 Å². The van der Waals surface area contributed by atoms with Gasteiger partial charge in [-0.15, -0.1) is 0 Å². The zero-order valence-electron chi connectivity index (χ0n) is 11.7. The van der Waals surface area contributed by atoms with Crippen LogP contribution in [0.1, 0.15) is 33.1 Å². The van der Waals surface area contributed by atoms with E-state index in [0.717, 1.165) is 19.3 Å². The first-order valence-corrected chi connectivity index (χ1v) is 6.92. The van der Waals surface area contributed by atoms with Crippen molar-refractivity contribution >= 4 is 23.2 Å². The van der Waals surface area contributed by atoms with Crippen LogP contribution >= 0.6 is 0 Å². The predicted molar refractivity (Wildman–Crippen MR) is 75.8 cm³/mol. The minimum absolute atomic E-state index is 0.00719. The molecule has 0 spiro atoms. The maximum Gasteiger partial charge on any atom is 0.227 e.